The van der Waals surface area contributed by atoms with E-state index in [9.17, 15) is 17.2 Å². The second kappa shape index (κ2) is 11.4. The number of benzene rings is 2. The third-order valence-electron chi connectivity index (χ3n) is 7.00. The van der Waals surface area contributed by atoms with Crippen LogP contribution in [0.25, 0.3) is 22.4 Å². The Bertz CT molecular complexity index is 1610. The van der Waals surface area contributed by atoms with Gasteiger partial charge in [0.05, 0.1) is 11.7 Å². The topological polar surface area (TPSA) is 80.6 Å². The maximum Gasteiger partial charge on any atom is 0.269 e. The Labute approximate surface area is 230 Å². The lowest BCUT2D eigenvalue weighted by atomic mass is 10.0. The average molecular weight is 572 g/mol. The highest BCUT2D eigenvalue weighted by Gasteiger charge is 2.32. The van der Waals surface area contributed by atoms with Crippen LogP contribution in [0.4, 0.5) is 18.9 Å². The fourth-order valence-electron chi connectivity index (χ4n) is 4.85. The number of likely N-dealkylation sites (tertiary alicyclic amines) is 1. The number of hydrogen-bond acceptors (Lipinski definition) is 6. The highest BCUT2D eigenvalue weighted by atomic mass is 32.2. The summed E-state index contributed by atoms with van der Waals surface area (Å²) in [5.74, 6) is -3.02. The zero-order valence-electron chi connectivity index (χ0n) is 22.0. The van der Waals surface area contributed by atoms with E-state index in [0.717, 1.165) is 37.6 Å². The van der Waals surface area contributed by atoms with Crippen molar-refractivity contribution < 1.29 is 26.3 Å². The molecule has 8 nitrogen and oxygen atoms in total. The van der Waals surface area contributed by atoms with E-state index < -0.39 is 44.8 Å². The number of nitrogens with zero attached hydrogens (tertiary/aromatic N) is 5. The molecule has 0 bridgehead atoms. The molecule has 0 aliphatic carbocycles. The molecule has 4 aromatic rings. The van der Waals surface area contributed by atoms with E-state index in [1.807, 2.05) is 10.9 Å². The van der Waals surface area contributed by atoms with Gasteiger partial charge in [-0.05, 0) is 81.0 Å². The standard InChI is InChI=1S/C28H28F3N5O3S/c1-34-14-10-21(11-15-34)35-17-23(19-8-12-32-13-9-19)28(33-35)22-4-3-5-25(27(22)31)36(18-39-2)40(37,38)26-16-20(29)6-7-24(26)30/h3-9,12-13,16-17,21H,10-11,14-15,18H2,1-2H3. The number of aromatic nitrogens is 3. The first-order valence-corrected chi connectivity index (χ1v) is 14.1. The molecule has 12 heteroatoms. The third-order valence-corrected chi connectivity index (χ3v) is 8.75. The lowest BCUT2D eigenvalue weighted by molar-refractivity contribution is 0.209. The van der Waals surface area contributed by atoms with Crippen LogP contribution in [0.2, 0.25) is 0 Å². The number of ether oxygens (including phenoxy) is 1. The van der Waals surface area contributed by atoms with Crippen LogP contribution in [0.3, 0.4) is 0 Å². The molecule has 0 N–H and O–H groups in total. The molecule has 210 valence electrons. The quantitative estimate of drug-likeness (QED) is 0.274. The molecule has 5 rings (SSSR count). The number of halogens is 3. The van der Waals surface area contributed by atoms with Gasteiger partial charge in [0.15, 0.2) is 5.82 Å². The minimum absolute atomic E-state index is 0.0482. The molecule has 1 aliphatic rings. The summed E-state index contributed by atoms with van der Waals surface area (Å²) in [5, 5.41) is 4.79. The lowest BCUT2D eigenvalue weighted by Gasteiger charge is -2.29. The van der Waals surface area contributed by atoms with E-state index in [4.69, 9.17) is 9.84 Å². The van der Waals surface area contributed by atoms with Gasteiger partial charge in [-0.2, -0.15) is 5.10 Å². The number of sulfonamides is 1. The van der Waals surface area contributed by atoms with E-state index in [0.29, 0.717) is 27.7 Å². The van der Waals surface area contributed by atoms with Crippen molar-refractivity contribution in [2.75, 3.05) is 38.3 Å². The highest BCUT2D eigenvalue weighted by Crippen LogP contribution is 2.38. The monoisotopic (exact) mass is 571 g/mol. The average Bonchev–Trinajstić information content (AvgIpc) is 3.39. The Balaban J connectivity index is 1.64. The summed E-state index contributed by atoms with van der Waals surface area (Å²) in [5.41, 5.74) is 1.38. The fraction of sp³-hybridized carbons (Fsp3) is 0.286. The van der Waals surface area contributed by atoms with Crippen molar-refractivity contribution in [1.29, 1.82) is 0 Å². The summed E-state index contributed by atoms with van der Waals surface area (Å²) in [6.45, 7) is 1.16. The van der Waals surface area contributed by atoms with Gasteiger partial charge < -0.3 is 9.64 Å². The van der Waals surface area contributed by atoms with Crippen LogP contribution in [0, 0.1) is 17.5 Å². The first-order chi connectivity index (χ1) is 19.2. The number of methoxy groups -OCH3 is 1. The molecule has 1 fully saturated rings. The molecule has 3 heterocycles. The molecule has 0 saturated carbocycles. The molecule has 0 amide bonds. The van der Waals surface area contributed by atoms with E-state index >= 15 is 4.39 Å². The van der Waals surface area contributed by atoms with Gasteiger partial charge in [0.25, 0.3) is 10.0 Å². The van der Waals surface area contributed by atoms with Crippen LogP contribution in [0.1, 0.15) is 18.9 Å². The molecule has 1 saturated heterocycles. The lowest BCUT2D eigenvalue weighted by Crippen LogP contribution is -2.34. The van der Waals surface area contributed by atoms with Crippen molar-refractivity contribution in [3.05, 3.63) is 84.6 Å². The zero-order chi connectivity index (χ0) is 28.4. The smallest absolute Gasteiger partial charge is 0.269 e. The maximum absolute atomic E-state index is 16.4. The SMILES string of the molecule is COCN(c1cccc(-c2nn(C3CCN(C)CC3)cc2-c2ccncc2)c1F)S(=O)(=O)c1cc(F)ccc1F. The summed E-state index contributed by atoms with van der Waals surface area (Å²) in [6.07, 6.45) is 6.86. The van der Waals surface area contributed by atoms with Crippen LogP contribution in [0.5, 0.6) is 0 Å². The molecule has 0 spiro atoms. The Hall–Kier alpha value is -3.74. The number of pyridine rings is 1. The number of piperidine rings is 1. The van der Waals surface area contributed by atoms with E-state index in [1.165, 1.54) is 25.3 Å². The van der Waals surface area contributed by atoms with Crippen molar-refractivity contribution in [1.82, 2.24) is 19.7 Å². The molecule has 1 aliphatic heterocycles. The van der Waals surface area contributed by atoms with Gasteiger partial charge >= 0.3 is 0 Å². The Morgan fingerprint density at radius 2 is 1.75 bits per heavy atom. The van der Waals surface area contributed by atoms with Crippen molar-refractivity contribution in [2.45, 2.75) is 23.8 Å². The molecule has 0 unspecified atom stereocenters. The van der Waals surface area contributed by atoms with Crippen molar-refractivity contribution >= 4 is 15.7 Å². The number of hydrogen-bond donors (Lipinski definition) is 0. The van der Waals surface area contributed by atoms with E-state index in [-0.39, 0.29) is 11.6 Å². The summed E-state index contributed by atoms with van der Waals surface area (Å²) in [6, 6.07) is 9.98. The maximum atomic E-state index is 16.4. The van der Waals surface area contributed by atoms with Gasteiger partial charge in [0.2, 0.25) is 0 Å². The van der Waals surface area contributed by atoms with Gasteiger partial charge in [-0.1, -0.05) is 6.07 Å². The molecule has 0 atom stereocenters. The first-order valence-electron chi connectivity index (χ1n) is 12.6. The molecule has 2 aromatic heterocycles. The predicted octanol–water partition coefficient (Wildman–Crippen LogP) is 5.10. The Morgan fingerprint density at radius 1 is 1.02 bits per heavy atom. The van der Waals surface area contributed by atoms with E-state index in [1.54, 1.807) is 24.5 Å². The van der Waals surface area contributed by atoms with Crippen molar-refractivity contribution in [2.24, 2.45) is 0 Å². The Morgan fingerprint density at radius 3 is 2.45 bits per heavy atom. The summed E-state index contributed by atoms with van der Waals surface area (Å²) < 4.78 is 79.2. The second-order valence-corrected chi connectivity index (χ2v) is 11.5. The van der Waals surface area contributed by atoms with Crippen LogP contribution in [-0.2, 0) is 14.8 Å². The van der Waals surface area contributed by atoms with Crippen LogP contribution in [-0.4, -0.2) is 62.1 Å². The minimum Gasteiger partial charge on any atom is -0.363 e. The third kappa shape index (κ3) is 5.34. The number of anilines is 1. The second-order valence-electron chi connectivity index (χ2n) is 9.63. The molecule has 40 heavy (non-hydrogen) atoms. The molecule has 0 radical (unpaired) electrons. The predicted molar refractivity (Wildman–Crippen MR) is 145 cm³/mol. The summed E-state index contributed by atoms with van der Waals surface area (Å²) in [7, 11) is -1.48. The van der Waals surface area contributed by atoms with Gasteiger partial charge in [0.1, 0.15) is 29.0 Å². The molecule has 2 aromatic carbocycles. The zero-order valence-corrected chi connectivity index (χ0v) is 22.8. The largest absolute Gasteiger partial charge is 0.363 e. The summed E-state index contributed by atoms with van der Waals surface area (Å²) >= 11 is 0. The van der Waals surface area contributed by atoms with E-state index in [2.05, 4.69) is 16.9 Å². The van der Waals surface area contributed by atoms with Crippen LogP contribution in [0.15, 0.2) is 72.0 Å². The minimum atomic E-state index is -4.76. The number of rotatable bonds is 8. The van der Waals surface area contributed by atoms with Gasteiger partial charge in [-0.3, -0.25) is 9.67 Å². The molecular weight excluding hydrogens is 543 g/mol. The first kappa shape index (κ1) is 27.8. The van der Waals surface area contributed by atoms with Gasteiger partial charge in [0, 0.05) is 36.8 Å². The van der Waals surface area contributed by atoms with Crippen molar-refractivity contribution in [3.8, 4) is 22.4 Å². The highest BCUT2D eigenvalue weighted by molar-refractivity contribution is 7.92. The van der Waals surface area contributed by atoms with Gasteiger partial charge in [-0.15, -0.1) is 0 Å². The van der Waals surface area contributed by atoms with Crippen LogP contribution < -0.4 is 4.31 Å². The normalized spacial score (nSPS) is 14.9. The molecular formula is C28H28F3N5O3S. The summed E-state index contributed by atoms with van der Waals surface area (Å²) in [4.78, 5) is 5.38. The Kier molecular flexibility index (Phi) is 7.92. The van der Waals surface area contributed by atoms with Crippen molar-refractivity contribution in [3.63, 3.8) is 0 Å². The van der Waals surface area contributed by atoms with Crippen LogP contribution >= 0.6 is 0 Å². The fourth-order valence-corrected chi connectivity index (χ4v) is 6.31. The van der Waals surface area contributed by atoms with Gasteiger partial charge in [-0.25, -0.2) is 25.9 Å².